The molecule has 0 aromatic rings. The number of carbonyl (C=O) groups is 2. The highest BCUT2D eigenvalue weighted by Gasteiger charge is 2.23. The van der Waals surface area contributed by atoms with E-state index in [2.05, 4.69) is 32.2 Å². The van der Waals surface area contributed by atoms with E-state index >= 15 is 0 Å². The fourth-order valence-electron chi connectivity index (χ4n) is 6.21. The standard InChI is InChI=1S/C46H81NO5/c1-4-7-10-13-16-19-22-25-28-31-34-37-42(52-46(51)39-36-33-30-27-24-21-18-15-12-9-6-3)40-45(50)47-43(41-48)44(49)38-35-32-29-26-23-20-17-14-11-8-5-2/h7,10,13,16,19,22,25,28,31,34,42-44,48-49H,4-6,8-9,11-12,14-15,17-18,20-21,23-24,26-27,29-30,32-33,35-41H2,1-3H3,(H,47,50)/b10-7+,16-13+,22-19-,28-25-,34-31+. The van der Waals surface area contributed by atoms with Gasteiger partial charge in [-0.1, -0.05) is 216 Å². The average molecular weight is 728 g/mol. The molecule has 3 unspecified atom stereocenters. The molecule has 0 saturated carbocycles. The minimum Gasteiger partial charge on any atom is -0.461 e. The number of allylic oxidation sites excluding steroid dienone is 9. The topological polar surface area (TPSA) is 95.9 Å². The fraction of sp³-hybridized carbons (Fsp3) is 0.739. The van der Waals surface area contributed by atoms with Crippen LogP contribution in [0, 0.1) is 0 Å². The van der Waals surface area contributed by atoms with Gasteiger partial charge >= 0.3 is 5.97 Å². The summed E-state index contributed by atoms with van der Waals surface area (Å²) in [5.74, 6) is -0.611. The Balaban J connectivity index is 4.75. The van der Waals surface area contributed by atoms with Crippen LogP contribution in [0.15, 0.2) is 60.8 Å². The Morgan fingerprint density at radius 2 is 1.00 bits per heavy atom. The molecule has 0 heterocycles. The van der Waals surface area contributed by atoms with Crippen molar-refractivity contribution in [3.63, 3.8) is 0 Å². The molecule has 0 saturated heterocycles. The Kier molecular flexibility index (Phi) is 37.9. The number of hydrogen-bond donors (Lipinski definition) is 3. The number of rotatable bonds is 37. The van der Waals surface area contributed by atoms with E-state index in [1.807, 2.05) is 54.7 Å². The van der Waals surface area contributed by atoms with Gasteiger partial charge in [-0.15, -0.1) is 0 Å². The van der Waals surface area contributed by atoms with Crippen LogP contribution in [0.5, 0.6) is 0 Å². The van der Waals surface area contributed by atoms with Crippen LogP contribution in [0.1, 0.15) is 194 Å². The molecule has 0 aliphatic heterocycles. The van der Waals surface area contributed by atoms with Crippen LogP contribution in [0.25, 0.3) is 0 Å². The summed E-state index contributed by atoms with van der Waals surface area (Å²) in [4.78, 5) is 25.8. The number of amides is 1. The molecule has 0 aromatic heterocycles. The van der Waals surface area contributed by atoms with Gasteiger partial charge in [-0.25, -0.2) is 0 Å². The van der Waals surface area contributed by atoms with Crippen molar-refractivity contribution in [3.05, 3.63) is 60.8 Å². The Morgan fingerprint density at radius 3 is 1.46 bits per heavy atom. The number of carbonyl (C=O) groups excluding carboxylic acids is 2. The van der Waals surface area contributed by atoms with Crippen molar-refractivity contribution in [3.8, 4) is 0 Å². The lowest BCUT2D eigenvalue weighted by Crippen LogP contribution is -2.46. The maximum absolute atomic E-state index is 13.0. The van der Waals surface area contributed by atoms with Crippen molar-refractivity contribution >= 4 is 11.9 Å². The van der Waals surface area contributed by atoms with Crippen LogP contribution in [0.3, 0.4) is 0 Å². The molecule has 6 nitrogen and oxygen atoms in total. The number of hydrogen-bond acceptors (Lipinski definition) is 5. The molecule has 300 valence electrons. The Morgan fingerprint density at radius 1 is 0.577 bits per heavy atom. The third-order valence-corrected chi connectivity index (χ3v) is 9.49. The van der Waals surface area contributed by atoms with Crippen LogP contribution in [0.2, 0.25) is 0 Å². The number of aliphatic hydroxyl groups is 2. The summed E-state index contributed by atoms with van der Waals surface area (Å²) >= 11 is 0. The summed E-state index contributed by atoms with van der Waals surface area (Å²) < 4.78 is 5.79. The number of unbranched alkanes of at least 4 members (excludes halogenated alkanes) is 20. The zero-order valence-electron chi connectivity index (χ0n) is 33.9. The third kappa shape index (κ3) is 34.6. The highest BCUT2D eigenvalue weighted by Crippen LogP contribution is 2.16. The first kappa shape index (κ1) is 49.6. The smallest absolute Gasteiger partial charge is 0.306 e. The van der Waals surface area contributed by atoms with Crippen molar-refractivity contribution in [2.45, 2.75) is 212 Å². The van der Waals surface area contributed by atoms with E-state index in [4.69, 9.17) is 4.74 Å². The first-order valence-electron chi connectivity index (χ1n) is 21.6. The van der Waals surface area contributed by atoms with E-state index in [1.165, 1.54) is 103 Å². The number of nitrogens with one attached hydrogen (secondary N) is 1. The quantitative estimate of drug-likeness (QED) is 0.0336. The first-order chi connectivity index (χ1) is 25.5. The second-order valence-corrected chi connectivity index (χ2v) is 14.5. The second-order valence-electron chi connectivity index (χ2n) is 14.5. The summed E-state index contributed by atoms with van der Waals surface area (Å²) in [7, 11) is 0. The van der Waals surface area contributed by atoms with E-state index in [-0.39, 0.29) is 24.9 Å². The molecule has 0 aliphatic rings. The molecule has 0 radical (unpaired) electrons. The summed E-state index contributed by atoms with van der Waals surface area (Å²) in [6, 6.07) is -0.736. The first-order valence-corrected chi connectivity index (χ1v) is 21.6. The predicted octanol–water partition coefficient (Wildman–Crippen LogP) is 12.1. The highest BCUT2D eigenvalue weighted by atomic mass is 16.5. The normalized spacial score (nSPS) is 14.0. The van der Waals surface area contributed by atoms with E-state index in [1.54, 1.807) is 0 Å². The van der Waals surface area contributed by atoms with Crippen LogP contribution < -0.4 is 5.32 Å². The van der Waals surface area contributed by atoms with Gasteiger partial charge in [-0.2, -0.15) is 0 Å². The van der Waals surface area contributed by atoms with E-state index in [0.29, 0.717) is 19.3 Å². The minimum absolute atomic E-state index is 0.0182. The minimum atomic E-state index is -0.815. The number of ether oxygens (including phenoxy) is 1. The molecular weight excluding hydrogens is 647 g/mol. The van der Waals surface area contributed by atoms with Crippen molar-refractivity contribution < 1.29 is 24.5 Å². The number of esters is 1. The third-order valence-electron chi connectivity index (χ3n) is 9.49. The molecule has 0 spiro atoms. The SMILES string of the molecule is CC/C=C/C=C/C=C\C=C/C=C/CC(CC(=O)NC(CO)C(O)CCCCCCCCCCCCC)OC(=O)CCCCCCCCCCCCC. The lowest BCUT2D eigenvalue weighted by Gasteiger charge is -2.24. The van der Waals surface area contributed by atoms with Crippen molar-refractivity contribution in [1.29, 1.82) is 0 Å². The van der Waals surface area contributed by atoms with E-state index < -0.39 is 18.2 Å². The van der Waals surface area contributed by atoms with Gasteiger partial charge in [-0.05, 0) is 19.3 Å². The van der Waals surface area contributed by atoms with E-state index in [0.717, 1.165) is 44.9 Å². The Hall–Kier alpha value is -2.44. The molecule has 0 bridgehead atoms. The molecule has 0 fully saturated rings. The molecule has 6 heteroatoms. The van der Waals surface area contributed by atoms with Crippen LogP contribution >= 0.6 is 0 Å². The number of aliphatic hydroxyl groups excluding tert-OH is 2. The average Bonchev–Trinajstić information content (AvgIpc) is 3.13. The van der Waals surface area contributed by atoms with Crippen LogP contribution in [0.4, 0.5) is 0 Å². The van der Waals surface area contributed by atoms with Crippen molar-refractivity contribution in [1.82, 2.24) is 5.32 Å². The summed E-state index contributed by atoms with van der Waals surface area (Å²) in [5.41, 5.74) is 0. The van der Waals surface area contributed by atoms with Gasteiger partial charge in [0.25, 0.3) is 0 Å². The summed E-state index contributed by atoms with van der Waals surface area (Å²) in [5, 5.41) is 23.5. The maximum atomic E-state index is 13.0. The zero-order valence-corrected chi connectivity index (χ0v) is 33.9. The molecule has 3 atom stereocenters. The van der Waals surface area contributed by atoms with E-state index in [9.17, 15) is 19.8 Å². The zero-order chi connectivity index (χ0) is 38.2. The second kappa shape index (κ2) is 39.8. The molecule has 0 aliphatic carbocycles. The van der Waals surface area contributed by atoms with Gasteiger partial charge in [0.2, 0.25) is 5.91 Å². The maximum Gasteiger partial charge on any atom is 0.306 e. The largest absolute Gasteiger partial charge is 0.461 e. The molecule has 0 aromatic carbocycles. The molecule has 3 N–H and O–H groups in total. The summed E-state index contributed by atoms with van der Waals surface area (Å²) in [6.07, 6.45) is 47.3. The predicted molar refractivity (Wildman–Crippen MR) is 222 cm³/mol. The summed E-state index contributed by atoms with van der Waals surface area (Å²) in [6.45, 7) is 6.26. The lowest BCUT2D eigenvalue weighted by molar-refractivity contribution is -0.150. The van der Waals surface area contributed by atoms with Crippen LogP contribution in [-0.4, -0.2) is 46.9 Å². The molecule has 1 amide bonds. The molecular formula is C46H81NO5. The highest BCUT2D eigenvalue weighted by molar-refractivity contribution is 5.77. The lowest BCUT2D eigenvalue weighted by atomic mass is 10.0. The van der Waals surface area contributed by atoms with Gasteiger partial charge in [0.15, 0.2) is 0 Å². The van der Waals surface area contributed by atoms with Gasteiger partial charge in [0, 0.05) is 12.8 Å². The van der Waals surface area contributed by atoms with Gasteiger partial charge < -0.3 is 20.3 Å². The molecule has 0 rings (SSSR count). The monoisotopic (exact) mass is 728 g/mol. The fourth-order valence-corrected chi connectivity index (χ4v) is 6.21. The van der Waals surface area contributed by atoms with Crippen molar-refractivity contribution in [2.24, 2.45) is 0 Å². The van der Waals surface area contributed by atoms with Crippen molar-refractivity contribution in [2.75, 3.05) is 6.61 Å². The Labute approximate surface area is 320 Å². The Bertz CT molecular complexity index is 952. The van der Waals surface area contributed by atoms with Gasteiger partial charge in [0.05, 0.1) is 25.2 Å². The van der Waals surface area contributed by atoms with Gasteiger partial charge in [-0.3, -0.25) is 9.59 Å². The van der Waals surface area contributed by atoms with Gasteiger partial charge in [0.1, 0.15) is 6.10 Å². The molecule has 52 heavy (non-hydrogen) atoms. The van der Waals surface area contributed by atoms with Crippen LogP contribution in [-0.2, 0) is 14.3 Å².